The maximum atomic E-state index is 12.2. The van der Waals surface area contributed by atoms with E-state index < -0.39 is 6.04 Å². The van der Waals surface area contributed by atoms with E-state index in [0.29, 0.717) is 6.42 Å². The van der Waals surface area contributed by atoms with E-state index in [-0.39, 0.29) is 11.3 Å². The summed E-state index contributed by atoms with van der Waals surface area (Å²) >= 11 is 0. The minimum atomic E-state index is -0.470. The van der Waals surface area contributed by atoms with Crippen LogP contribution in [0.2, 0.25) is 0 Å². The smallest absolute Gasteiger partial charge is 0.237 e. The molecule has 1 amide bonds. The zero-order valence-corrected chi connectivity index (χ0v) is 13.1. The van der Waals surface area contributed by atoms with Crippen molar-refractivity contribution in [3.05, 3.63) is 35.9 Å². The van der Waals surface area contributed by atoms with Crippen LogP contribution >= 0.6 is 0 Å². The first-order valence-electron chi connectivity index (χ1n) is 7.74. The molecule has 0 bridgehead atoms. The van der Waals surface area contributed by atoms with Crippen LogP contribution in [0.5, 0.6) is 0 Å². The molecule has 4 nitrogen and oxygen atoms in total. The summed E-state index contributed by atoms with van der Waals surface area (Å²) in [5, 5.41) is 3.05. The predicted molar refractivity (Wildman–Crippen MR) is 86.0 cm³/mol. The number of hydrogen-bond acceptors (Lipinski definition) is 3. The molecule has 1 heterocycles. The molecule has 4 heteroatoms. The number of hydrogen-bond donors (Lipinski definition) is 2. The molecule has 1 atom stereocenters. The molecule has 0 saturated carbocycles. The van der Waals surface area contributed by atoms with Gasteiger partial charge in [0, 0.05) is 6.54 Å². The first-order chi connectivity index (χ1) is 9.98. The molecule has 1 fully saturated rings. The van der Waals surface area contributed by atoms with Crippen LogP contribution in [0.3, 0.4) is 0 Å². The number of carbonyl (C=O) groups excluding carboxylic acids is 1. The summed E-state index contributed by atoms with van der Waals surface area (Å²) in [6.07, 6.45) is 2.83. The van der Waals surface area contributed by atoms with Crippen molar-refractivity contribution in [2.24, 2.45) is 11.1 Å². The highest BCUT2D eigenvalue weighted by atomic mass is 16.2. The molecule has 1 aliphatic rings. The lowest BCUT2D eigenvalue weighted by Crippen LogP contribution is -2.48. The Hall–Kier alpha value is -1.39. The van der Waals surface area contributed by atoms with Crippen LogP contribution in [-0.2, 0) is 11.2 Å². The van der Waals surface area contributed by atoms with Crippen molar-refractivity contribution in [3.8, 4) is 0 Å². The van der Waals surface area contributed by atoms with Crippen LogP contribution in [0.4, 0.5) is 0 Å². The van der Waals surface area contributed by atoms with Gasteiger partial charge in [-0.2, -0.15) is 0 Å². The van der Waals surface area contributed by atoms with E-state index in [0.717, 1.165) is 38.0 Å². The van der Waals surface area contributed by atoms with Crippen LogP contribution in [0.25, 0.3) is 0 Å². The summed E-state index contributed by atoms with van der Waals surface area (Å²) in [6.45, 7) is 5.18. The minimum Gasteiger partial charge on any atom is -0.354 e. The summed E-state index contributed by atoms with van der Waals surface area (Å²) in [5.74, 6) is -0.0426. The van der Waals surface area contributed by atoms with Crippen LogP contribution in [0.1, 0.15) is 25.3 Å². The van der Waals surface area contributed by atoms with Gasteiger partial charge in [-0.05, 0) is 50.4 Å². The Morgan fingerprint density at radius 3 is 2.57 bits per heavy atom. The van der Waals surface area contributed by atoms with Gasteiger partial charge >= 0.3 is 0 Å². The van der Waals surface area contributed by atoms with Gasteiger partial charge < -0.3 is 16.0 Å². The molecule has 1 aliphatic heterocycles. The van der Waals surface area contributed by atoms with Crippen molar-refractivity contribution in [1.29, 1.82) is 0 Å². The van der Waals surface area contributed by atoms with Gasteiger partial charge in [0.25, 0.3) is 0 Å². The van der Waals surface area contributed by atoms with Crippen LogP contribution in [-0.4, -0.2) is 43.5 Å². The molecular weight excluding hydrogens is 262 g/mol. The van der Waals surface area contributed by atoms with Crippen LogP contribution < -0.4 is 11.1 Å². The Morgan fingerprint density at radius 1 is 1.33 bits per heavy atom. The monoisotopic (exact) mass is 289 g/mol. The number of piperidine rings is 1. The number of likely N-dealkylation sites (tertiary alicyclic amines) is 1. The normalized spacial score (nSPS) is 20.0. The van der Waals surface area contributed by atoms with Crippen molar-refractivity contribution >= 4 is 5.91 Å². The standard InChI is InChI=1S/C17H27N3O/c1-17(8-10-20(2)11-9-17)13-19-16(21)15(18)12-14-6-4-3-5-7-14/h3-7,15H,8-13,18H2,1-2H3,(H,19,21)/t15-/m0/s1. The zero-order chi connectivity index (χ0) is 15.3. The fourth-order valence-corrected chi connectivity index (χ4v) is 2.73. The first-order valence-corrected chi connectivity index (χ1v) is 7.74. The lowest BCUT2D eigenvalue weighted by Gasteiger charge is -2.38. The quantitative estimate of drug-likeness (QED) is 0.861. The fourth-order valence-electron chi connectivity index (χ4n) is 2.73. The van der Waals surface area contributed by atoms with Crippen molar-refractivity contribution in [2.75, 3.05) is 26.7 Å². The third-order valence-electron chi connectivity index (χ3n) is 4.52. The van der Waals surface area contributed by atoms with Crippen molar-refractivity contribution in [2.45, 2.75) is 32.2 Å². The lowest BCUT2D eigenvalue weighted by atomic mass is 9.80. The van der Waals surface area contributed by atoms with Gasteiger partial charge in [0.1, 0.15) is 0 Å². The topological polar surface area (TPSA) is 58.4 Å². The van der Waals surface area contributed by atoms with E-state index in [9.17, 15) is 4.79 Å². The molecule has 0 spiro atoms. The summed E-state index contributed by atoms with van der Waals surface area (Å²) < 4.78 is 0. The maximum Gasteiger partial charge on any atom is 0.237 e. The molecule has 116 valence electrons. The first kappa shape index (κ1) is 16.0. The Labute approximate surface area is 127 Å². The second kappa shape index (κ2) is 7.05. The maximum absolute atomic E-state index is 12.2. The summed E-state index contributed by atoms with van der Waals surface area (Å²) in [4.78, 5) is 14.5. The van der Waals surface area contributed by atoms with Crippen molar-refractivity contribution in [1.82, 2.24) is 10.2 Å². The average molecular weight is 289 g/mol. The largest absolute Gasteiger partial charge is 0.354 e. The fraction of sp³-hybridized carbons (Fsp3) is 0.588. The molecule has 0 radical (unpaired) electrons. The molecule has 0 aromatic heterocycles. The summed E-state index contributed by atoms with van der Waals surface area (Å²) in [6, 6.07) is 9.45. The number of rotatable bonds is 5. The van der Waals surface area contributed by atoms with Gasteiger partial charge in [-0.25, -0.2) is 0 Å². The number of carbonyl (C=O) groups is 1. The van der Waals surface area contributed by atoms with Crippen molar-refractivity contribution in [3.63, 3.8) is 0 Å². The van der Waals surface area contributed by atoms with E-state index in [2.05, 4.69) is 24.2 Å². The predicted octanol–water partition coefficient (Wildman–Crippen LogP) is 1.40. The van der Waals surface area contributed by atoms with Crippen LogP contribution in [0, 0.1) is 5.41 Å². The van der Waals surface area contributed by atoms with Gasteiger partial charge in [-0.15, -0.1) is 0 Å². The summed E-state index contributed by atoms with van der Waals surface area (Å²) in [7, 11) is 2.15. The van der Waals surface area contributed by atoms with E-state index in [1.807, 2.05) is 30.3 Å². The van der Waals surface area contributed by atoms with Gasteiger partial charge in [0.15, 0.2) is 0 Å². The number of nitrogens with two attached hydrogens (primary N) is 1. The van der Waals surface area contributed by atoms with Gasteiger partial charge in [0.2, 0.25) is 5.91 Å². The minimum absolute atomic E-state index is 0.0426. The zero-order valence-electron chi connectivity index (χ0n) is 13.1. The van der Waals surface area contributed by atoms with Crippen molar-refractivity contribution < 1.29 is 4.79 Å². The Kier molecular flexibility index (Phi) is 5.37. The van der Waals surface area contributed by atoms with E-state index >= 15 is 0 Å². The third-order valence-corrected chi connectivity index (χ3v) is 4.52. The Balaban J connectivity index is 1.78. The lowest BCUT2D eigenvalue weighted by molar-refractivity contribution is -0.123. The van der Waals surface area contributed by atoms with Gasteiger partial charge in [-0.1, -0.05) is 37.3 Å². The molecule has 0 unspecified atom stereocenters. The van der Waals surface area contributed by atoms with Gasteiger partial charge in [-0.3, -0.25) is 4.79 Å². The highest BCUT2D eigenvalue weighted by Crippen LogP contribution is 2.29. The second-order valence-corrected chi connectivity index (χ2v) is 6.63. The molecular formula is C17H27N3O. The molecule has 0 aliphatic carbocycles. The van der Waals surface area contributed by atoms with Gasteiger partial charge in [0.05, 0.1) is 6.04 Å². The number of nitrogens with zero attached hydrogens (tertiary/aromatic N) is 1. The van der Waals surface area contributed by atoms with E-state index in [1.165, 1.54) is 0 Å². The molecule has 3 N–H and O–H groups in total. The third kappa shape index (κ3) is 4.83. The number of nitrogens with one attached hydrogen (secondary N) is 1. The summed E-state index contributed by atoms with van der Waals surface area (Å²) in [5.41, 5.74) is 7.32. The SMILES string of the molecule is CN1CCC(C)(CNC(=O)[C@@H](N)Cc2ccccc2)CC1. The average Bonchev–Trinajstić information content (AvgIpc) is 2.49. The molecule has 1 aromatic rings. The molecule has 1 aromatic carbocycles. The van der Waals surface area contributed by atoms with Crippen LogP contribution in [0.15, 0.2) is 30.3 Å². The molecule has 1 saturated heterocycles. The molecule has 2 rings (SSSR count). The Morgan fingerprint density at radius 2 is 1.95 bits per heavy atom. The van der Waals surface area contributed by atoms with E-state index in [4.69, 9.17) is 5.73 Å². The number of amides is 1. The van der Waals surface area contributed by atoms with E-state index in [1.54, 1.807) is 0 Å². The second-order valence-electron chi connectivity index (χ2n) is 6.63. The highest BCUT2D eigenvalue weighted by Gasteiger charge is 2.29. The molecule has 21 heavy (non-hydrogen) atoms. The Bertz CT molecular complexity index is 452. The highest BCUT2D eigenvalue weighted by molar-refractivity contribution is 5.81. The number of benzene rings is 1.